The zero-order valence-electron chi connectivity index (χ0n) is 12.5. The van der Waals surface area contributed by atoms with Crippen LogP contribution in [0, 0.1) is 0 Å². The van der Waals surface area contributed by atoms with Crippen LogP contribution in [0.1, 0.15) is 23.1 Å². The van der Waals surface area contributed by atoms with Crippen molar-refractivity contribution in [3.8, 4) is 11.1 Å². The van der Waals surface area contributed by atoms with Gasteiger partial charge in [-0.25, -0.2) is 0 Å². The van der Waals surface area contributed by atoms with E-state index in [1.165, 1.54) is 27.8 Å². The fourth-order valence-corrected chi connectivity index (χ4v) is 4.26. The Bertz CT molecular complexity index is 759. The van der Waals surface area contributed by atoms with Gasteiger partial charge in [0.15, 0.2) is 0 Å². The third-order valence-electron chi connectivity index (χ3n) is 4.76. The minimum atomic E-state index is 0.0308. The topological polar surface area (TPSA) is 0 Å². The summed E-state index contributed by atoms with van der Waals surface area (Å²) >= 11 is 0. The van der Waals surface area contributed by atoms with Crippen molar-refractivity contribution in [1.29, 1.82) is 0 Å². The van der Waals surface area contributed by atoms with Crippen LogP contribution in [0.25, 0.3) is 11.1 Å². The first-order valence-corrected chi connectivity index (χ1v) is 8.39. The number of fused-ring (bicyclic) bond motifs is 3. The van der Waals surface area contributed by atoms with E-state index in [1.807, 2.05) is 0 Å². The minimum absolute atomic E-state index is 0.0308. The highest BCUT2D eigenvalue weighted by Crippen LogP contribution is 2.54. The normalized spacial score (nSPS) is 14.4. The number of benzene rings is 3. The largest absolute Gasteiger partial charge is 0.122 e. The highest BCUT2D eigenvalue weighted by Gasteiger charge is 2.38. The lowest BCUT2D eigenvalue weighted by atomic mass is 9.89. The van der Waals surface area contributed by atoms with E-state index in [-0.39, 0.29) is 5.16 Å². The zero-order valence-corrected chi connectivity index (χ0v) is 13.7. The van der Waals surface area contributed by atoms with E-state index in [0.717, 1.165) is 12.8 Å². The molecule has 0 nitrogen and oxygen atoms in total. The molecule has 0 fully saturated rings. The Morgan fingerprint density at radius 1 is 0.636 bits per heavy atom. The van der Waals surface area contributed by atoms with E-state index in [4.69, 9.17) is 0 Å². The Hall–Kier alpha value is -1.91. The number of hydrogen-bond donors (Lipinski definition) is 0. The third kappa shape index (κ3) is 2.11. The van der Waals surface area contributed by atoms with Crippen LogP contribution in [0.4, 0.5) is 0 Å². The molecule has 0 bridgehead atoms. The first-order chi connectivity index (χ1) is 10.8. The molecule has 0 radical (unpaired) electrons. The molecule has 1 atom stereocenters. The van der Waals surface area contributed by atoms with Crippen LogP contribution < -0.4 is 0 Å². The SMILES string of the molecule is PC1(CCc2ccccc2)c2ccccc2-c2ccccc21. The average Bonchev–Trinajstić information content (AvgIpc) is 2.85. The lowest BCUT2D eigenvalue weighted by Crippen LogP contribution is -2.17. The molecule has 0 heterocycles. The number of hydrogen-bond acceptors (Lipinski definition) is 0. The highest BCUT2D eigenvalue weighted by atomic mass is 31.0. The van der Waals surface area contributed by atoms with Gasteiger partial charge in [-0.3, -0.25) is 0 Å². The summed E-state index contributed by atoms with van der Waals surface area (Å²) in [5.74, 6) is 0. The van der Waals surface area contributed by atoms with Gasteiger partial charge in [0.2, 0.25) is 0 Å². The quantitative estimate of drug-likeness (QED) is 0.567. The van der Waals surface area contributed by atoms with Gasteiger partial charge in [-0.2, -0.15) is 0 Å². The number of rotatable bonds is 3. The summed E-state index contributed by atoms with van der Waals surface area (Å²) in [5.41, 5.74) is 7.07. The molecule has 0 saturated heterocycles. The van der Waals surface area contributed by atoms with E-state index >= 15 is 0 Å². The van der Waals surface area contributed by atoms with Gasteiger partial charge in [0.1, 0.15) is 0 Å². The monoisotopic (exact) mass is 302 g/mol. The molecule has 108 valence electrons. The second-order valence-corrected chi connectivity index (χ2v) is 7.03. The Kier molecular flexibility index (Phi) is 3.36. The van der Waals surface area contributed by atoms with Crippen molar-refractivity contribution in [2.75, 3.05) is 0 Å². The van der Waals surface area contributed by atoms with Gasteiger partial charge >= 0.3 is 0 Å². The van der Waals surface area contributed by atoms with Gasteiger partial charge < -0.3 is 0 Å². The first kappa shape index (κ1) is 13.7. The van der Waals surface area contributed by atoms with E-state index in [1.54, 1.807) is 0 Å². The smallest absolute Gasteiger partial charge is 0.0359 e. The zero-order chi connectivity index (χ0) is 15.0. The van der Waals surface area contributed by atoms with Gasteiger partial charge in [0, 0.05) is 5.16 Å². The summed E-state index contributed by atoms with van der Waals surface area (Å²) in [4.78, 5) is 0. The second kappa shape index (κ2) is 5.38. The van der Waals surface area contributed by atoms with Crippen LogP contribution in [0.5, 0.6) is 0 Å². The summed E-state index contributed by atoms with van der Waals surface area (Å²) in [6.45, 7) is 0. The minimum Gasteiger partial charge on any atom is -0.122 e. The maximum atomic E-state index is 3.16. The second-order valence-electron chi connectivity index (χ2n) is 6.05. The molecule has 1 unspecified atom stereocenters. The molecule has 3 aromatic rings. The van der Waals surface area contributed by atoms with Crippen molar-refractivity contribution in [3.05, 3.63) is 95.6 Å². The summed E-state index contributed by atoms with van der Waals surface area (Å²) in [7, 11) is 3.16. The Morgan fingerprint density at radius 2 is 1.14 bits per heavy atom. The highest BCUT2D eigenvalue weighted by molar-refractivity contribution is 7.19. The molecule has 0 aliphatic heterocycles. The fourth-order valence-electron chi connectivity index (χ4n) is 3.61. The standard InChI is InChI=1S/C21H19P/c22-21(15-14-16-8-2-1-3-9-16)19-12-6-4-10-17(19)18-11-5-7-13-20(18)21/h1-13H,14-15,22H2. The van der Waals surface area contributed by atoms with E-state index in [9.17, 15) is 0 Å². The molecule has 0 aromatic heterocycles. The van der Waals surface area contributed by atoms with Gasteiger partial charge in [-0.15, -0.1) is 9.24 Å². The first-order valence-electron chi connectivity index (χ1n) is 7.81. The van der Waals surface area contributed by atoms with E-state index in [0.29, 0.717) is 0 Å². The van der Waals surface area contributed by atoms with Crippen molar-refractivity contribution in [3.63, 3.8) is 0 Å². The summed E-state index contributed by atoms with van der Waals surface area (Å²) < 4.78 is 0. The maximum Gasteiger partial charge on any atom is 0.0359 e. The Labute approximate surface area is 134 Å². The van der Waals surface area contributed by atoms with Crippen molar-refractivity contribution >= 4 is 9.24 Å². The molecular weight excluding hydrogens is 283 g/mol. The molecule has 22 heavy (non-hydrogen) atoms. The molecule has 1 heteroatoms. The molecule has 0 N–H and O–H groups in total. The maximum absolute atomic E-state index is 3.16. The lowest BCUT2D eigenvalue weighted by Gasteiger charge is -2.27. The molecule has 1 aliphatic rings. The molecule has 1 aliphatic carbocycles. The molecule has 0 spiro atoms. The van der Waals surface area contributed by atoms with Crippen LogP contribution >= 0.6 is 9.24 Å². The van der Waals surface area contributed by atoms with Gasteiger partial charge in [0.25, 0.3) is 0 Å². The van der Waals surface area contributed by atoms with Crippen molar-refractivity contribution in [2.24, 2.45) is 0 Å². The van der Waals surface area contributed by atoms with E-state index < -0.39 is 0 Å². The van der Waals surface area contributed by atoms with Crippen LogP contribution in [0.3, 0.4) is 0 Å². The van der Waals surface area contributed by atoms with Crippen molar-refractivity contribution in [1.82, 2.24) is 0 Å². The van der Waals surface area contributed by atoms with Crippen LogP contribution in [-0.2, 0) is 11.6 Å². The summed E-state index contributed by atoms with van der Waals surface area (Å²) in [5, 5.41) is 0.0308. The fraction of sp³-hybridized carbons (Fsp3) is 0.143. The van der Waals surface area contributed by atoms with Gasteiger partial charge in [-0.05, 0) is 40.7 Å². The predicted octanol–water partition coefficient (Wildman–Crippen LogP) is 5.42. The third-order valence-corrected chi connectivity index (χ3v) is 5.67. The van der Waals surface area contributed by atoms with E-state index in [2.05, 4.69) is 88.1 Å². The predicted molar refractivity (Wildman–Crippen MR) is 97.1 cm³/mol. The molecule has 3 aromatic carbocycles. The summed E-state index contributed by atoms with van der Waals surface area (Å²) in [6.07, 6.45) is 2.20. The number of aryl methyl sites for hydroxylation is 1. The van der Waals surface area contributed by atoms with Crippen molar-refractivity contribution in [2.45, 2.75) is 18.0 Å². The molecule has 0 amide bonds. The Morgan fingerprint density at radius 3 is 1.73 bits per heavy atom. The van der Waals surface area contributed by atoms with Crippen LogP contribution in [-0.4, -0.2) is 0 Å². The molecule has 0 saturated carbocycles. The molecular formula is C21H19P. The van der Waals surface area contributed by atoms with Crippen molar-refractivity contribution < 1.29 is 0 Å². The molecule has 4 rings (SSSR count). The van der Waals surface area contributed by atoms with Gasteiger partial charge in [-0.1, -0.05) is 78.9 Å². The lowest BCUT2D eigenvalue weighted by molar-refractivity contribution is 0.673. The van der Waals surface area contributed by atoms with Crippen LogP contribution in [0.15, 0.2) is 78.9 Å². The summed E-state index contributed by atoms with van der Waals surface area (Å²) in [6, 6.07) is 28.5. The van der Waals surface area contributed by atoms with Gasteiger partial charge in [0.05, 0.1) is 0 Å². The average molecular weight is 302 g/mol. The Balaban J connectivity index is 1.76. The van der Waals surface area contributed by atoms with Crippen LogP contribution in [0.2, 0.25) is 0 Å².